The van der Waals surface area contributed by atoms with E-state index in [1.807, 2.05) is 0 Å². The molecule has 0 amide bonds. The van der Waals surface area contributed by atoms with Gasteiger partial charge in [-0.3, -0.25) is 0 Å². The Bertz CT molecular complexity index is 520. The van der Waals surface area contributed by atoms with Crippen molar-refractivity contribution in [3.8, 4) is 0 Å². The second-order valence-corrected chi connectivity index (χ2v) is 8.00. The average Bonchev–Trinajstić information content (AvgIpc) is 3.05. The van der Waals surface area contributed by atoms with E-state index in [0.717, 1.165) is 23.6 Å². The summed E-state index contributed by atoms with van der Waals surface area (Å²) in [4.78, 5) is 4.77. The molecule has 2 N–H and O–H groups in total. The molecule has 0 aromatic carbocycles. The van der Waals surface area contributed by atoms with E-state index >= 15 is 0 Å². The van der Waals surface area contributed by atoms with Crippen LogP contribution in [0.1, 0.15) is 62.7 Å². The molecule has 4 aliphatic carbocycles. The van der Waals surface area contributed by atoms with Gasteiger partial charge in [0.25, 0.3) is 0 Å². The van der Waals surface area contributed by atoms with Gasteiger partial charge in [0.15, 0.2) is 5.82 Å². The largest absolute Gasteiger partial charge is 0.392 e. The van der Waals surface area contributed by atoms with Crippen LogP contribution in [0.15, 0.2) is 4.52 Å². The number of rotatable bonds is 2. The molecule has 2 heterocycles. The van der Waals surface area contributed by atoms with Gasteiger partial charge in [-0.05, 0) is 62.7 Å². The number of hydrogen-bond donors (Lipinski definition) is 2. The van der Waals surface area contributed by atoms with E-state index in [0.29, 0.717) is 18.9 Å². The zero-order chi connectivity index (χ0) is 14.0. The van der Waals surface area contributed by atoms with Crippen LogP contribution in [-0.4, -0.2) is 27.9 Å². The highest BCUT2D eigenvalue weighted by molar-refractivity contribution is 5.17. The molecule has 0 unspecified atom stereocenters. The van der Waals surface area contributed by atoms with E-state index in [1.54, 1.807) is 0 Å². The molecule has 21 heavy (non-hydrogen) atoms. The average molecular weight is 289 g/mol. The van der Waals surface area contributed by atoms with E-state index in [2.05, 4.69) is 10.5 Å². The summed E-state index contributed by atoms with van der Waals surface area (Å²) in [6.45, 7) is 0.625. The zero-order valence-electron chi connectivity index (χ0n) is 12.3. The molecular weight excluding hydrogens is 266 g/mol. The highest BCUT2D eigenvalue weighted by Gasteiger charge is 2.54. The van der Waals surface area contributed by atoms with Crippen molar-refractivity contribution < 1.29 is 9.63 Å². The molecular formula is C16H23N3O2. The van der Waals surface area contributed by atoms with E-state index in [4.69, 9.17) is 9.51 Å². The van der Waals surface area contributed by atoms with Gasteiger partial charge in [0.1, 0.15) is 0 Å². The Balaban J connectivity index is 1.44. The number of nitrogens with one attached hydrogen (secondary N) is 1. The lowest BCUT2D eigenvalue weighted by Gasteiger charge is -2.55. The van der Waals surface area contributed by atoms with Gasteiger partial charge in [-0.15, -0.1) is 0 Å². The van der Waals surface area contributed by atoms with Gasteiger partial charge in [0.2, 0.25) is 5.89 Å². The highest BCUT2D eigenvalue weighted by Crippen LogP contribution is 2.60. The van der Waals surface area contributed by atoms with E-state index < -0.39 is 0 Å². The molecule has 5 fully saturated rings. The van der Waals surface area contributed by atoms with Crippen molar-refractivity contribution in [3.63, 3.8) is 0 Å². The van der Waals surface area contributed by atoms with Gasteiger partial charge in [-0.1, -0.05) is 5.16 Å². The first-order chi connectivity index (χ1) is 10.2. The summed E-state index contributed by atoms with van der Waals surface area (Å²) < 4.78 is 5.55. The Morgan fingerprint density at radius 1 is 1.05 bits per heavy atom. The van der Waals surface area contributed by atoms with Crippen LogP contribution >= 0.6 is 0 Å². The van der Waals surface area contributed by atoms with E-state index in [9.17, 15) is 5.11 Å². The molecule has 6 rings (SSSR count). The van der Waals surface area contributed by atoms with Gasteiger partial charge in [0, 0.05) is 12.0 Å². The fourth-order valence-corrected chi connectivity index (χ4v) is 5.88. The van der Waals surface area contributed by atoms with Crippen LogP contribution in [0, 0.1) is 17.8 Å². The number of aliphatic hydroxyl groups excluding tert-OH is 1. The van der Waals surface area contributed by atoms with Crippen molar-refractivity contribution >= 4 is 0 Å². The summed E-state index contributed by atoms with van der Waals surface area (Å²) >= 11 is 0. The Kier molecular flexibility index (Phi) is 2.57. The summed E-state index contributed by atoms with van der Waals surface area (Å²) in [5.41, 5.74) is 0.202. The second kappa shape index (κ2) is 4.29. The number of aliphatic hydroxyl groups is 1. The molecule has 2 atom stereocenters. The summed E-state index contributed by atoms with van der Waals surface area (Å²) in [7, 11) is 0. The predicted octanol–water partition coefficient (Wildman–Crippen LogP) is 1.93. The minimum atomic E-state index is -0.287. The van der Waals surface area contributed by atoms with Crippen molar-refractivity contribution in [1.29, 1.82) is 0 Å². The molecule has 4 saturated carbocycles. The van der Waals surface area contributed by atoms with Crippen LogP contribution in [-0.2, 0) is 5.41 Å². The minimum Gasteiger partial charge on any atom is -0.392 e. The molecule has 4 bridgehead atoms. The Labute approximate surface area is 124 Å². The standard InChI is InChI=1S/C16H23N3O2/c20-12-4-13(17-8-12)14-18-15(19-21-14)16-5-9-1-10(6-16)3-11(2-9)7-16/h9-13,17,20H,1-8H2/t9?,10?,11?,12-,13+,16?/m0/s1. The minimum absolute atomic E-state index is 0.0372. The molecule has 0 radical (unpaired) electrons. The first-order valence-corrected chi connectivity index (χ1v) is 8.46. The first kappa shape index (κ1) is 12.6. The molecule has 114 valence electrons. The molecule has 1 aromatic rings. The number of hydrogen-bond acceptors (Lipinski definition) is 5. The predicted molar refractivity (Wildman–Crippen MR) is 75.5 cm³/mol. The van der Waals surface area contributed by atoms with Crippen molar-refractivity contribution in [3.05, 3.63) is 11.7 Å². The SMILES string of the molecule is O[C@@H]1CN[C@@H](c2nc(C34CC5CC(CC(C5)C3)C4)no2)C1. The first-order valence-electron chi connectivity index (χ1n) is 8.46. The smallest absolute Gasteiger partial charge is 0.243 e. The van der Waals surface area contributed by atoms with Crippen LogP contribution in [0.4, 0.5) is 0 Å². The molecule has 1 aliphatic heterocycles. The van der Waals surface area contributed by atoms with Gasteiger partial charge in [-0.2, -0.15) is 4.98 Å². The van der Waals surface area contributed by atoms with Crippen molar-refractivity contribution in [1.82, 2.24) is 15.5 Å². The fraction of sp³-hybridized carbons (Fsp3) is 0.875. The Morgan fingerprint density at radius 3 is 2.29 bits per heavy atom. The van der Waals surface area contributed by atoms with Gasteiger partial charge >= 0.3 is 0 Å². The molecule has 1 aromatic heterocycles. The quantitative estimate of drug-likeness (QED) is 0.870. The lowest BCUT2D eigenvalue weighted by atomic mass is 9.49. The third kappa shape index (κ3) is 1.90. The summed E-state index contributed by atoms with van der Waals surface area (Å²) in [6.07, 6.45) is 8.48. The summed E-state index contributed by atoms with van der Waals surface area (Å²) in [5, 5.41) is 17.3. The van der Waals surface area contributed by atoms with Crippen molar-refractivity contribution in [2.45, 2.75) is 62.5 Å². The Morgan fingerprint density at radius 2 is 1.71 bits per heavy atom. The van der Waals surface area contributed by atoms with E-state index in [1.165, 1.54) is 38.5 Å². The zero-order valence-corrected chi connectivity index (χ0v) is 12.3. The van der Waals surface area contributed by atoms with E-state index in [-0.39, 0.29) is 17.6 Å². The van der Waals surface area contributed by atoms with Crippen LogP contribution in [0.3, 0.4) is 0 Å². The van der Waals surface area contributed by atoms with Crippen LogP contribution in [0.2, 0.25) is 0 Å². The molecule has 5 aliphatic rings. The van der Waals surface area contributed by atoms with Gasteiger partial charge in [-0.25, -0.2) is 0 Å². The van der Waals surface area contributed by atoms with Crippen molar-refractivity contribution in [2.24, 2.45) is 17.8 Å². The monoisotopic (exact) mass is 289 g/mol. The van der Waals surface area contributed by atoms with Gasteiger partial charge < -0.3 is 14.9 Å². The third-order valence-electron chi connectivity index (χ3n) is 6.36. The summed E-state index contributed by atoms with van der Waals surface area (Å²) in [6, 6.07) is 0.0372. The third-order valence-corrected chi connectivity index (χ3v) is 6.36. The molecule has 5 nitrogen and oxygen atoms in total. The fourth-order valence-electron chi connectivity index (χ4n) is 5.88. The maximum absolute atomic E-state index is 9.65. The normalized spacial score (nSPS) is 48.1. The number of nitrogens with zero attached hydrogens (tertiary/aromatic N) is 2. The lowest BCUT2D eigenvalue weighted by Crippen LogP contribution is -2.49. The van der Waals surface area contributed by atoms with Crippen molar-refractivity contribution in [2.75, 3.05) is 6.54 Å². The maximum Gasteiger partial charge on any atom is 0.243 e. The maximum atomic E-state index is 9.65. The number of β-amino-alcohol motifs (C(OH)–C–C–N with tert-alkyl or cyclic N) is 1. The highest BCUT2D eigenvalue weighted by atomic mass is 16.5. The second-order valence-electron chi connectivity index (χ2n) is 8.00. The lowest BCUT2D eigenvalue weighted by molar-refractivity contribution is -0.0103. The van der Waals surface area contributed by atoms with Crippen LogP contribution in [0.5, 0.6) is 0 Å². The molecule has 5 heteroatoms. The Hall–Kier alpha value is -0.940. The topological polar surface area (TPSA) is 71.2 Å². The van der Waals surface area contributed by atoms with Crippen LogP contribution in [0.25, 0.3) is 0 Å². The number of aromatic nitrogens is 2. The molecule has 1 saturated heterocycles. The van der Waals surface area contributed by atoms with Gasteiger partial charge in [0.05, 0.1) is 12.1 Å². The summed E-state index contributed by atoms with van der Waals surface area (Å²) in [5.74, 6) is 4.32. The van der Waals surface area contributed by atoms with Crippen LogP contribution < -0.4 is 5.32 Å². The molecule has 0 spiro atoms.